The van der Waals surface area contributed by atoms with Gasteiger partial charge in [0.15, 0.2) is 0 Å². The first kappa shape index (κ1) is 21.0. The van der Waals surface area contributed by atoms with Crippen LogP contribution in [0.25, 0.3) is 0 Å². The van der Waals surface area contributed by atoms with E-state index in [1.165, 1.54) is 64.2 Å². The quantitative estimate of drug-likeness (QED) is 0.514. The Morgan fingerprint density at radius 2 is 1.73 bits per heavy atom. The second-order valence-electron chi connectivity index (χ2n) is 10.7. The SMILES string of the molecule is CC(CS)CNC(C)C1CCC2CCCC3CCCC3C(C)CCC21C. The van der Waals surface area contributed by atoms with E-state index in [1.807, 2.05) is 0 Å². The van der Waals surface area contributed by atoms with Crippen molar-refractivity contribution in [2.24, 2.45) is 40.9 Å². The van der Waals surface area contributed by atoms with Crippen LogP contribution < -0.4 is 5.32 Å². The van der Waals surface area contributed by atoms with Crippen LogP contribution in [0.2, 0.25) is 0 Å². The van der Waals surface area contributed by atoms with Gasteiger partial charge in [-0.05, 0) is 98.7 Å². The summed E-state index contributed by atoms with van der Waals surface area (Å²) in [6.07, 6.45) is 15.0. The van der Waals surface area contributed by atoms with E-state index in [9.17, 15) is 0 Å². The van der Waals surface area contributed by atoms with E-state index in [-0.39, 0.29) is 0 Å². The third-order valence-electron chi connectivity index (χ3n) is 9.02. The zero-order chi connectivity index (χ0) is 18.7. The fraction of sp³-hybridized carbons (Fsp3) is 1.00. The molecule has 0 bridgehead atoms. The number of hydrogen-bond donors (Lipinski definition) is 2. The highest BCUT2D eigenvalue weighted by Gasteiger charge is 2.48. The van der Waals surface area contributed by atoms with Crippen LogP contribution in [-0.2, 0) is 0 Å². The van der Waals surface area contributed by atoms with E-state index in [1.54, 1.807) is 0 Å². The van der Waals surface area contributed by atoms with Gasteiger partial charge in [0.05, 0.1) is 0 Å². The lowest BCUT2D eigenvalue weighted by Crippen LogP contribution is -2.43. The smallest absolute Gasteiger partial charge is 0.00724 e. The standard InChI is InChI=1S/C24H45NS/c1-17(16-26)15-25-19(3)23-12-11-21-9-5-7-20-8-6-10-22(20)18(2)13-14-24(21,23)4/h17-23,25-26H,5-16H2,1-4H3. The van der Waals surface area contributed by atoms with Crippen LogP contribution in [0.5, 0.6) is 0 Å². The summed E-state index contributed by atoms with van der Waals surface area (Å²) in [5.74, 6) is 6.57. The first-order valence-corrected chi connectivity index (χ1v) is 12.4. The van der Waals surface area contributed by atoms with Crippen molar-refractivity contribution in [3.8, 4) is 0 Å². The maximum Gasteiger partial charge on any atom is 0.00724 e. The molecule has 8 atom stereocenters. The largest absolute Gasteiger partial charge is 0.314 e. The number of thiol groups is 1. The van der Waals surface area contributed by atoms with E-state index in [4.69, 9.17) is 0 Å². The first-order chi connectivity index (χ1) is 12.5. The molecule has 0 radical (unpaired) electrons. The molecule has 0 aliphatic heterocycles. The Labute approximate surface area is 169 Å². The zero-order valence-electron chi connectivity index (χ0n) is 18.0. The summed E-state index contributed by atoms with van der Waals surface area (Å²) in [5, 5.41) is 3.90. The van der Waals surface area contributed by atoms with Crippen LogP contribution in [0, 0.1) is 40.9 Å². The summed E-state index contributed by atoms with van der Waals surface area (Å²) in [4.78, 5) is 0. The average molecular weight is 380 g/mol. The molecular weight excluding hydrogens is 334 g/mol. The van der Waals surface area contributed by atoms with Crippen LogP contribution in [0.4, 0.5) is 0 Å². The van der Waals surface area contributed by atoms with Gasteiger partial charge >= 0.3 is 0 Å². The molecule has 2 heteroatoms. The third kappa shape index (κ3) is 4.48. The van der Waals surface area contributed by atoms with Crippen LogP contribution in [0.3, 0.4) is 0 Å². The van der Waals surface area contributed by atoms with Crippen molar-refractivity contribution < 1.29 is 0 Å². The molecule has 26 heavy (non-hydrogen) atoms. The lowest BCUT2D eigenvalue weighted by Gasteiger charge is -2.43. The molecule has 0 spiro atoms. The van der Waals surface area contributed by atoms with E-state index >= 15 is 0 Å². The highest BCUT2D eigenvalue weighted by molar-refractivity contribution is 7.80. The summed E-state index contributed by atoms with van der Waals surface area (Å²) in [5.41, 5.74) is 0.566. The van der Waals surface area contributed by atoms with Crippen LogP contribution in [0.15, 0.2) is 0 Å². The summed E-state index contributed by atoms with van der Waals surface area (Å²) in [6.45, 7) is 11.2. The van der Waals surface area contributed by atoms with Gasteiger partial charge in [-0.15, -0.1) is 0 Å². The maximum absolute atomic E-state index is 4.47. The Bertz CT molecular complexity index is 438. The maximum atomic E-state index is 4.47. The van der Waals surface area contributed by atoms with Gasteiger partial charge in [-0.1, -0.05) is 46.5 Å². The highest BCUT2D eigenvalue weighted by atomic mass is 32.1. The Kier molecular flexibility index (Phi) is 7.45. The van der Waals surface area contributed by atoms with Crippen LogP contribution in [0.1, 0.15) is 91.9 Å². The number of rotatable bonds is 5. The molecule has 0 amide bonds. The monoisotopic (exact) mass is 379 g/mol. The number of fused-ring (bicyclic) bond motifs is 2. The predicted octanol–water partition coefficient (Wildman–Crippen LogP) is 6.58. The normalized spacial score (nSPS) is 43.5. The zero-order valence-corrected chi connectivity index (χ0v) is 18.9. The van der Waals surface area contributed by atoms with Gasteiger partial charge in [0, 0.05) is 6.04 Å². The fourth-order valence-electron chi connectivity index (χ4n) is 7.17. The topological polar surface area (TPSA) is 12.0 Å². The van der Waals surface area contributed by atoms with Gasteiger partial charge in [0.1, 0.15) is 0 Å². The fourth-order valence-corrected chi connectivity index (χ4v) is 7.30. The molecule has 0 aromatic heterocycles. The minimum absolute atomic E-state index is 0.566. The van der Waals surface area contributed by atoms with Crippen molar-refractivity contribution in [2.75, 3.05) is 12.3 Å². The van der Waals surface area contributed by atoms with E-state index in [0.717, 1.165) is 41.9 Å². The van der Waals surface area contributed by atoms with Gasteiger partial charge in [-0.2, -0.15) is 12.6 Å². The first-order valence-electron chi connectivity index (χ1n) is 11.8. The highest BCUT2D eigenvalue weighted by Crippen LogP contribution is 2.56. The molecule has 3 aliphatic rings. The van der Waals surface area contributed by atoms with Crippen molar-refractivity contribution in [3.63, 3.8) is 0 Å². The summed E-state index contributed by atoms with van der Waals surface area (Å²) in [6, 6.07) is 0.657. The molecule has 0 saturated heterocycles. The molecule has 1 nitrogen and oxygen atoms in total. The molecular formula is C24H45NS. The van der Waals surface area contributed by atoms with Gasteiger partial charge in [-0.25, -0.2) is 0 Å². The van der Waals surface area contributed by atoms with Crippen LogP contribution in [-0.4, -0.2) is 18.3 Å². The minimum Gasteiger partial charge on any atom is -0.314 e. The summed E-state index contributed by atoms with van der Waals surface area (Å²) in [7, 11) is 0. The van der Waals surface area contributed by atoms with Crippen LogP contribution >= 0.6 is 12.6 Å². The molecule has 8 unspecified atom stereocenters. The predicted molar refractivity (Wildman–Crippen MR) is 118 cm³/mol. The summed E-state index contributed by atoms with van der Waals surface area (Å²) >= 11 is 4.47. The van der Waals surface area contributed by atoms with E-state index in [2.05, 4.69) is 45.6 Å². The molecule has 3 aliphatic carbocycles. The Morgan fingerprint density at radius 1 is 1.00 bits per heavy atom. The van der Waals surface area contributed by atoms with Gasteiger partial charge < -0.3 is 5.32 Å². The molecule has 3 rings (SSSR count). The molecule has 152 valence electrons. The average Bonchev–Trinajstić information content (AvgIpc) is 3.22. The molecule has 0 aromatic rings. The molecule has 0 heterocycles. The van der Waals surface area contributed by atoms with E-state index < -0.39 is 0 Å². The Hall–Kier alpha value is 0.310. The van der Waals surface area contributed by atoms with Crippen molar-refractivity contribution in [2.45, 2.75) is 97.9 Å². The summed E-state index contributed by atoms with van der Waals surface area (Å²) < 4.78 is 0. The second kappa shape index (κ2) is 9.21. The third-order valence-corrected chi connectivity index (χ3v) is 9.65. The minimum atomic E-state index is 0.566. The molecule has 3 fully saturated rings. The molecule has 0 aromatic carbocycles. The Morgan fingerprint density at radius 3 is 2.46 bits per heavy atom. The lowest BCUT2D eigenvalue weighted by molar-refractivity contribution is 0.0812. The molecule has 3 saturated carbocycles. The Balaban J connectivity index is 1.67. The number of nitrogens with one attached hydrogen (secondary N) is 1. The molecule has 1 N–H and O–H groups in total. The van der Waals surface area contributed by atoms with Gasteiger partial charge in [0.2, 0.25) is 0 Å². The second-order valence-corrected chi connectivity index (χ2v) is 11.0. The number of hydrogen-bond acceptors (Lipinski definition) is 2. The lowest BCUT2D eigenvalue weighted by atomic mass is 9.64. The van der Waals surface area contributed by atoms with E-state index in [0.29, 0.717) is 17.4 Å². The van der Waals surface area contributed by atoms with Crippen molar-refractivity contribution in [1.82, 2.24) is 5.32 Å². The van der Waals surface area contributed by atoms with Crippen molar-refractivity contribution in [3.05, 3.63) is 0 Å². The van der Waals surface area contributed by atoms with Gasteiger partial charge in [0.25, 0.3) is 0 Å². The van der Waals surface area contributed by atoms with Crippen molar-refractivity contribution >= 4 is 12.6 Å². The van der Waals surface area contributed by atoms with Gasteiger partial charge in [-0.3, -0.25) is 0 Å². The van der Waals surface area contributed by atoms with Crippen molar-refractivity contribution in [1.29, 1.82) is 0 Å².